The van der Waals surface area contributed by atoms with Gasteiger partial charge in [-0.05, 0) is 43.8 Å². The Morgan fingerprint density at radius 1 is 1.12 bits per heavy atom. The van der Waals surface area contributed by atoms with E-state index in [4.69, 9.17) is 4.74 Å². The number of carbonyl (C=O) groups excluding carboxylic acids is 1. The van der Waals surface area contributed by atoms with Crippen molar-refractivity contribution in [3.05, 3.63) is 64.6 Å². The van der Waals surface area contributed by atoms with Crippen LogP contribution in [0.25, 0.3) is 0 Å². The number of carbonyl (C=O) groups is 1. The van der Waals surface area contributed by atoms with Crippen LogP contribution in [-0.2, 0) is 4.79 Å². The Morgan fingerprint density at radius 3 is 2.48 bits per heavy atom. The first-order valence-corrected chi connectivity index (χ1v) is 9.30. The fourth-order valence-corrected chi connectivity index (χ4v) is 3.41. The van der Waals surface area contributed by atoms with E-state index in [2.05, 4.69) is 40.0 Å². The standard InChI is InChI=1S/C20H23BrN2O2/c1-15(25-18-10-8-17(21)9-11-18)20(24)23-13-12-22(2)14-19(23)16-6-4-3-5-7-16/h3-11,15,19H,12-14H2,1-2H3/t15-,19-/m1/s1. The van der Waals surface area contributed by atoms with Crippen molar-refractivity contribution in [2.75, 3.05) is 26.7 Å². The maximum atomic E-state index is 13.0. The summed E-state index contributed by atoms with van der Waals surface area (Å²) in [4.78, 5) is 17.3. The van der Waals surface area contributed by atoms with Gasteiger partial charge in [-0.2, -0.15) is 0 Å². The fraction of sp³-hybridized carbons (Fsp3) is 0.350. The molecular formula is C20H23BrN2O2. The van der Waals surface area contributed by atoms with Crippen molar-refractivity contribution in [2.24, 2.45) is 0 Å². The number of hydrogen-bond donors (Lipinski definition) is 0. The molecule has 132 valence electrons. The average molecular weight is 403 g/mol. The van der Waals surface area contributed by atoms with Crippen LogP contribution in [0.2, 0.25) is 0 Å². The third-order valence-electron chi connectivity index (χ3n) is 4.53. The van der Waals surface area contributed by atoms with Crippen LogP contribution in [0.4, 0.5) is 0 Å². The number of benzene rings is 2. The van der Waals surface area contributed by atoms with Crippen molar-refractivity contribution in [1.29, 1.82) is 0 Å². The van der Waals surface area contributed by atoms with Crippen LogP contribution in [0.3, 0.4) is 0 Å². The van der Waals surface area contributed by atoms with E-state index in [0.717, 1.165) is 17.6 Å². The first-order valence-electron chi connectivity index (χ1n) is 8.51. The largest absolute Gasteiger partial charge is 0.481 e. The van der Waals surface area contributed by atoms with Crippen LogP contribution in [0.1, 0.15) is 18.5 Å². The fourth-order valence-electron chi connectivity index (χ4n) is 3.14. The Hall–Kier alpha value is -1.85. The molecule has 0 spiro atoms. The highest BCUT2D eigenvalue weighted by Crippen LogP contribution is 2.26. The van der Waals surface area contributed by atoms with E-state index in [1.54, 1.807) is 0 Å². The van der Waals surface area contributed by atoms with Gasteiger partial charge in [-0.25, -0.2) is 0 Å². The number of hydrogen-bond acceptors (Lipinski definition) is 3. The lowest BCUT2D eigenvalue weighted by Gasteiger charge is -2.41. The molecule has 4 nitrogen and oxygen atoms in total. The lowest BCUT2D eigenvalue weighted by Crippen LogP contribution is -2.52. The third kappa shape index (κ3) is 4.41. The van der Waals surface area contributed by atoms with Crippen molar-refractivity contribution >= 4 is 21.8 Å². The summed E-state index contributed by atoms with van der Waals surface area (Å²) < 4.78 is 6.86. The van der Waals surface area contributed by atoms with Crippen LogP contribution >= 0.6 is 15.9 Å². The summed E-state index contributed by atoms with van der Waals surface area (Å²) in [6.45, 7) is 4.24. The maximum absolute atomic E-state index is 13.0. The molecule has 1 saturated heterocycles. The van der Waals surface area contributed by atoms with Gasteiger partial charge < -0.3 is 14.5 Å². The number of halogens is 1. The van der Waals surface area contributed by atoms with E-state index in [9.17, 15) is 4.79 Å². The smallest absolute Gasteiger partial charge is 0.263 e. The zero-order valence-corrected chi connectivity index (χ0v) is 16.1. The molecule has 0 unspecified atom stereocenters. The molecule has 0 radical (unpaired) electrons. The van der Waals surface area contributed by atoms with Gasteiger partial charge >= 0.3 is 0 Å². The number of likely N-dealkylation sites (N-methyl/N-ethyl adjacent to an activating group) is 1. The summed E-state index contributed by atoms with van der Waals surface area (Å²) in [7, 11) is 2.10. The third-order valence-corrected chi connectivity index (χ3v) is 5.05. The van der Waals surface area contributed by atoms with Crippen molar-refractivity contribution in [1.82, 2.24) is 9.80 Å². The number of ether oxygens (including phenoxy) is 1. The number of nitrogens with zero attached hydrogens (tertiary/aromatic N) is 2. The Balaban J connectivity index is 1.75. The highest BCUT2D eigenvalue weighted by atomic mass is 79.9. The number of rotatable bonds is 4. The van der Waals surface area contributed by atoms with E-state index in [0.29, 0.717) is 12.3 Å². The monoisotopic (exact) mass is 402 g/mol. The van der Waals surface area contributed by atoms with Gasteiger partial charge in [0.25, 0.3) is 5.91 Å². The van der Waals surface area contributed by atoms with Gasteiger partial charge in [-0.1, -0.05) is 46.3 Å². The predicted octanol–water partition coefficient (Wildman–Crippen LogP) is 3.73. The molecule has 1 heterocycles. The van der Waals surface area contributed by atoms with Gasteiger partial charge in [0.2, 0.25) is 0 Å². The maximum Gasteiger partial charge on any atom is 0.263 e. The van der Waals surface area contributed by atoms with E-state index in [1.165, 1.54) is 5.56 Å². The zero-order chi connectivity index (χ0) is 17.8. The Labute approximate surface area is 157 Å². The molecule has 2 aromatic carbocycles. The normalized spacial score (nSPS) is 19.5. The average Bonchev–Trinajstić information content (AvgIpc) is 2.63. The van der Waals surface area contributed by atoms with E-state index in [1.807, 2.05) is 54.3 Å². The highest BCUT2D eigenvalue weighted by Gasteiger charge is 2.33. The summed E-state index contributed by atoms with van der Waals surface area (Å²) in [5, 5.41) is 0. The Kier molecular flexibility index (Phi) is 5.76. The molecule has 1 amide bonds. The number of piperazine rings is 1. The minimum Gasteiger partial charge on any atom is -0.481 e. The molecule has 1 aliphatic heterocycles. The molecule has 2 aromatic rings. The molecule has 2 atom stereocenters. The quantitative estimate of drug-likeness (QED) is 0.780. The second-order valence-corrected chi connectivity index (χ2v) is 7.35. The molecule has 0 bridgehead atoms. The molecule has 0 aromatic heterocycles. The predicted molar refractivity (Wildman–Crippen MR) is 103 cm³/mol. The molecule has 0 saturated carbocycles. The summed E-state index contributed by atoms with van der Waals surface area (Å²) in [6, 6.07) is 17.8. The van der Waals surface area contributed by atoms with Gasteiger partial charge in [-0.15, -0.1) is 0 Å². The molecule has 0 aliphatic carbocycles. The van der Waals surface area contributed by atoms with Crippen molar-refractivity contribution in [2.45, 2.75) is 19.1 Å². The minimum atomic E-state index is -0.518. The minimum absolute atomic E-state index is 0.0323. The lowest BCUT2D eigenvalue weighted by atomic mass is 10.0. The van der Waals surface area contributed by atoms with Crippen LogP contribution < -0.4 is 4.74 Å². The van der Waals surface area contributed by atoms with Gasteiger partial charge in [0.05, 0.1) is 6.04 Å². The zero-order valence-electron chi connectivity index (χ0n) is 14.6. The molecule has 1 aliphatic rings. The van der Waals surface area contributed by atoms with Crippen LogP contribution in [0.15, 0.2) is 59.1 Å². The summed E-state index contributed by atoms with van der Waals surface area (Å²) in [5.74, 6) is 0.735. The second kappa shape index (κ2) is 8.02. The Morgan fingerprint density at radius 2 is 1.80 bits per heavy atom. The van der Waals surface area contributed by atoms with Gasteiger partial charge in [0.1, 0.15) is 5.75 Å². The number of amides is 1. The van der Waals surface area contributed by atoms with Gasteiger partial charge in [0, 0.05) is 24.1 Å². The molecule has 3 rings (SSSR count). The molecule has 25 heavy (non-hydrogen) atoms. The molecular weight excluding hydrogens is 380 g/mol. The van der Waals surface area contributed by atoms with Crippen molar-refractivity contribution < 1.29 is 9.53 Å². The van der Waals surface area contributed by atoms with Gasteiger partial charge in [0.15, 0.2) is 6.10 Å². The molecule has 0 N–H and O–H groups in total. The van der Waals surface area contributed by atoms with Crippen molar-refractivity contribution in [3.8, 4) is 5.75 Å². The topological polar surface area (TPSA) is 32.8 Å². The van der Waals surface area contributed by atoms with Crippen LogP contribution in [0, 0.1) is 0 Å². The summed E-state index contributed by atoms with van der Waals surface area (Å²) in [5.41, 5.74) is 1.17. The first kappa shape index (κ1) is 18.0. The summed E-state index contributed by atoms with van der Waals surface area (Å²) in [6.07, 6.45) is -0.518. The van der Waals surface area contributed by atoms with E-state index < -0.39 is 6.10 Å². The summed E-state index contributed by atoms with van der Waals surface area (Å²) >= 11 is 3.41. The second-order valence-electron chi connectivity index (χ2n) is 6.43. The lowest BCUT2D eigenvalue weighted by molar-refractivity contribution is -0.143. The highest BCUT2D eigenvalue weighted by molar-refractivity contribution is 9.10. The Bertz CT molecular complexity index is 705. The first-order chi connectivity index (χ1) is 12.0. The van der Waals surface area contributed by atoms with E-state index in [-0.39, 0.29) is 11.9 Å². The van der Waals surface area contributed by atoms with Crippen LogP contribution in [-0.4, -0.2) is 48.5 Å². The van der Waals surface area contributed by atoms with Crippen molar-refractivity contribution in [3.63, 3.8) is 0 Å². The molecule has 5 heteroatoms. The van der Waals surface area contributed by atoms with E-state index >= 15 is 0 Å². The molecule has 1 fully saturated rings. The van der Waals surface area contributed by atoms with Gasteiger partial charge in [-0.3, -0.25) is 4.79 Å². The SMILES string of the molecule is C[C@@H](Oc1ccc(Br)cc1)C(=O)N1CCN(C)C[C@@H]1c1ccccc1. The van der Waals surface area contributed by atoms with Crippen LogP contribution in [0.5, 0.6) is 5.75 Å².